The lowest BCUT2D eigenvalue weighted by atomic mass is 10.1. The van der Waals surface area contributed by atoms with Crippen LogP contribution in [0.5, 0.6) is 5.75 Å². The molecule has 1 heterocycles. The Labute approximate surface area is 109 Å². The first-order valence-corrected chi connectivity index (χ1v) is 4.97. The largest absolute Gasteiger partial charge is 0.573 e. The quantitative estimate of drug-likeness (QED) is 0.653. The van der Waals surface area contributed by atoms with E-state index in [0.29, 0.717) is 0 Å². The molecule has 0 aromatic carbocycles. The van der Waals surface area contributed by atoms with Crippen molar-refractivity contribution in [1.82, 2.24) is 4.98 Å². The van der Waals surface area contributed by atoms with Gasteiger partial charge in [-0.1, -0.05) is 0 Å². The molecule has 4 nitrogen and oxygen atoms in total. The summed E-state index contributed by atoms with van der Waals surface area (Å²) in [4.78, 5) is 13.7. The number of rotatable bonds is 2. The van der Waals surface area contributed by atoms with Crippen molar-refractivity contribution in [2.75, 3.05) is 0 Å². The maximum absolute atomic E-state index is 12.5. The molecule has 0 amide bonds. The number of pyridine rings is 1. The second-order valence-electron chi connectivity index (χ2n) is 3.02. The van der Waals surface area contributed by atoms with Crippen LogP contribution in [-0.2, 0) is 6.18 Å². The van der Waals surface area contributed by atoms with Crippen LogP contribution in [0.25, 0.3) is 0 Å². The normalized spacial score (nSPS) is 12.4. The van der Waals surface area contributed by atoms with Gasteiger partial charge in [-0.3, -0.25) is 0 Å². The van der Waals surface area contributed by atoms with Crippen molar-refractivity contribution in [1.29, 1.82) is 0 Å². The number of halogens is 7. The van der Waals surface area contributed by atoms with Crippen LogP contribution in [0.3, 0.4) is 0 Å². The van der Waals surface area contributed by atoms with Gasteiger partial charge in [0.05, 0.1) is 5.56 Å². The topological polar surface area (TPSA) is 59.4 Å². The molecule has 11 heteroatoms. The second kappa shape index (κ2) is 4.87. The van der Waals surface area contributed by atoms with Crippen LogP contribution < -0.4 is 4.74 Å². The molecule has 1 aromatic rings. The molecule has 0 unspecified atom stereocenters. The lowest BCUT2D eigenvalue weighted by Gasteiger charge is -2.16. The van der Waals surface area contributed by atoms with E-state index in [1.807, 2.05) is 0 Å². The first-order valence-electron chi connectivity index (χ1n) is 4.18. The number of nitrogens with zero attached hydrogens (tertiary/aromatic N) is 1. The Morgan fingerprint density at radius 1 is 1.26 bits per heavy atom. The zero-order chi connectivity index (χ0) is 15.0. The Hall–Kier alpha value is -1.52. The number of ether oxygens (including phenoxy) is 1. The summed E-state index contributed by atoms with van der Waals surface area (Å²) >= 11 is 2.40. The van der Waals surface area contributed by atoms with Gasteiger partial charge in [0, 0.05) is 6.20 Å². The third kappa shape index (κ3) is 3.72. The van der Waals surface area contributed by atoms with E-state index in [-0.39, 0.29) is 6.20 Å². The minimum Gasteiger partial charge on any atom is -0.478 e. The molecular formula is C8H2BrF6NO3. The summed E-state index contributed by atoms with van der Waals surface area (Å²) in [6.45, 7) is 0. The molecule has 0 aliphatic carbocycles. The summed E-state index contributed by atoms with van der Waals surface area (Å²) in [6.07, 6.45) is -10.5. The lowest BCUT2D eigenvalue weighted by Crippen LogP contribution is -2.22. The van der Waals surface area contributed by atoms with Gasteiger partial charge in [-0.25, -0.2) is 9.78 Å². The van der Waals surface area contributed by atoms with Gasteiger partial charge in [0.15, 0.2) is 5.75 Å². The highest BCUT2D eigenvalue weighted by Crippen LogP contribution is 2.40. The molecule has 0 aliphatic heterocycles. The van der Waals surface area contributed by atoms with Gasteiger partial charge in [-0.2, -0.15) is 13.2 Å². The molecule has 106 valence electrons. The predicted octanol–water partition coefficient (Wildman–Crippen LogP) is 3.46. The molecule has 1 rings (SSSR count). The van der Waals surface area contributed by atoms with E-state index in [1.54, 1.807) is 0 Å². The standard InChI is InChI=1S/C8H2BrF6NO3/c9-5-4(19-8(13,14)15)3(6(17)18)2(1-16-5)7(10,11)12/h1H,(H,17,18). The van der Waals surface area contributed by atoms with Crippen LogP contribution in [-0.4, -0.2) is 22.4 Å². The average Bonchev–Trinajstić information content (AvgIpc) is 2.16. The molecule has 19 heavy (non-hydrogen) atoms. The van der Waals surface area contributed by atoms with Crippen molar-refractivity contribution in [3.05, 3.63) is 21.9 Å². The number of carboxylic acids is 1. The number of hydrogen-bond acceptors (Lipinski definition) is 3. The van der Waals surface area contributed by atoms with E-state index in [0.717, 1.165) is 0 Å². The van der Waals surface area contributed by atoms with Crippen LogP contribution in [0.15, 0.2) is 10.8 Å². The first-order chi connectivity index (χ1) is 8.43. The molecule has 0 saturated heterocycles. The highest BCUT2D eigenvalue weighted by molar-refractivity contribution is 9.10. The molecule has 1 aromatic heterocycles. The van der Waals surface area contributed by atoms with Crippen LogP contribution in [0.4, 0.5) is 26.3 Å². The van der Waals surface area contributed by atoms with E-state index < -0.39 is 40.0 Å². The van der Waals surface area contributed by atoms with Gasteiger partial charge in [0.1, 0.15) is 10.2 Å². The third-order valence-electron chi connectivity index (χ3n) is 1.73. The fraction of sp³-hybridized carbons (Fsp3) is 0.250. The summed E-state index contributed by atoms with van der Waals surface area (Å²) < 4.78 is 76.1. The molecule has 0 radical (unpaired) electrons. The number of aromatic carboxylic acids is 1. The number of carboxylic acid groups (broad SMARTS) is 1. The SMILES string of the molecule is O=C(O)c1c(C(F)(F)F)cnc(Br)c1OC(F)(F)F. The molecule has 1 N–H and O–H groups in total. The summed E-state index contributed by atoms with van der Waals surface area (Å²) in [6, 6.07) is 0. The Balaban J connectivity index is 3.56. The fourth-order valence-corrected chi connectivity index (χ4v) is 1.49. The van der Waals surface area contributed by atoms with Gasteiger partial charge in [-0.15, -0.1) is 13.2 Å². The van der Waals surface area contributed by atoms with Gasteiger partial charge in [0.2, 0.25) is 0 Å². The predicted molar refractivity (Wildman–Crippen MR) is 50.6 cm³/mol. The van der Waals surface area contributed by atoms with Crippen LogP contribution in [0, 0.1) is 0 Å². The maximum Gasteiger partial charge on any atom is 0.573 e. The van der Waals surface area contributed by atoms with E-state index in [9.17, 15) is 31.1 Å². The number of aromatic nitrogens is 1. The molecule has 0 fully saturated rings. The van der Waals surface area contributed by atoms with Crippen molar-refractivity contribution in [3.63, 3.8) is 0 Å². The molecule has 0 aliphatic rings. The highest BCUT2D eigenvalue weighted by atomic mass is 79.9. The molecule has 0 spiro atoms. The number of alkyl halides is 6. The van der Waals surface area contributed by atoms with Crippen LogP contribution >= 0.6 is 15.9 Å². The zero-order valence-electron chi connectivity index (χ0n) is 8.43. The van der Waals surface area contributed by atoms with Crippen molar-refractivity contribution < 1.29 is 41.0 Å². The lowest BCUT2D eigenvalue weighted by molar-refractivity contribution is -0.275. The van der Waals surface area contributed by atoms with Gasteiger partial charge in [-0.05, 0) is 15.9 Å². The highest BCUT2D eigenvalue weighted by Gasteiger charge is 2.41. The van der Waals surface area contributed by atoms with Gasteiger partial charge < -0.3 is 9.84 Å². The second-order valence-corrected chi connectivity index (χ2v) is 3.77. The summed E-state index contributed by atoms with van der Waals surface area (Å²) in [5.74, 6) is -3.79. The smallest absolute Gasteiger partial charge is 0.478 e. The monoisotopic (exact) mass is 353 g/mol. The van der Waals surface area contributed by atoms with E-state index >= 15 is 0 Å². The number of hydrogen-bond donors (Lipinski definition) is 1. The molecular weight excluding hydrogens is 352 g/mol. The minimum absolute atomic E-state index is 0.0940. The van der Waals surface area contributed by atoms with E-state index in [1.165, 1.54) is 0 Å². The Morgan fingerprint density at radius 2 is 1.79 bits per heavy atom. The molecule has 0 bridgehead atoms. The Kier molecular flexibility index (Phi) is 3.98. The number of carbonyl (C=O) groups is 1. The fourth-order valence-electron chi connectivity index (χ4n) is 1.11. The van der Waals surface area contributed by atoms with Crippen molar-refractivity contribution in [2.45, 2.75) is 12.5 Å². The van der Waals surface area contributed by atoms with Crippen molar-refractivity contribution >= 4 is 21.9 Å². The van der Waals surface area contributed by atoms with Crippen molar-refractivity contribution in [3.8, 4) is 5.75 Å². The summed E-state index contributed by atoms with van der Waals surface area (Å²) in [5.41, 5.74) is -3.52. The third-order valence-corrected chi connectivity index (χ3v) is 2.29. The summed E-state index contributed by atoms with van der Waals surface area (Å²) in [7, 11) is 0. The first kappa shape index (κ1) is 15.5. The summed E-state index contributed by atoms with van der Waals surface area (Å²) in [5, 5.41) is 8.64. The van der Waals surface area contributed by atoms with Gasteiger partial charge in [0.25, 0.3) is 0 Å². The molecule has 0 atom stereocenters. The zero-order valence-corrected chi connectivity index (χ0v) is 10.0. The Morgan fingerprint density at radius 3 is 2.16 bits per heavy atom. The average molecular weight is 354 g/mol. The minimum atomic E-state index is -5.36. The van der Waals surface area contributed by atoms with Crippen molar-refractivity contribution in [2.24, 2.45) is 0 Å². The van der Waals surface area contributed by atoms with E-state index in [2.05, 4.69) is 25.7 Å². The molecule has 0 saturated carbocycles. The van der Waals surface area contributed by atoms with Gasteiger partial charge >= 0.3 is 18.5 Å². The van der Waals surface area contributed by atoms with Crippen LogP contribution in [0.1, 0.15) is 15.9 Å². The Bertz CT molecular complexity index is 512. The van der Waals surface area contributed by atoms with Crippen LogP contribution in [0.2, 0.25) is 0 Å². The van der Waals surface area contributed by atoms with E-state index in [4.69, 9.17) is 5.11 Å². The maximum atomic E-state index is 12.5.